The van der Waals surface area contributed by atoms with Crippen molar-refractivity contribution in [2.24, 2.45) is 5.92 Å². The fraction of sp³-hybridized carbons (Fsp3) is 0.375. The van der Waals surface area contributed by atoms with E-state index in [1.54, 1.807) is 0 Å². The van der Waals surface area contributed by atoms with Gasteiger partial charge in [-0.3, -0.25) is 9.59 Å². The summed E-state index contributed by atoms with van der Waals surface area (Å²) in [5, 5.41) is 18.6. The van der Waals surface area contributed by atoms with E-state index >= 15 is 0 Å². The number of aliphatic carboxylic acids is 1. The van der Waals surface area contributed by atoms with Gasteiger partial charge in [-0.15, -0.1) is 5.10 Å². The van der Waals surface area contributed by atoms with Gasteiger partial charge >= 0.3 is 12.1 Å². The lowest BCUT2D eigenvalue weighted by atomic mass is 10.0. The number of para-hydroxylation sites is 1. The molecule has 1 aromatic carbocycles. The third kappa shape index (κ3) is 4.58. The van der Waals surface area contributed by atoms with Gasteiger partial charge < -0.3 is 10.4 Å². The number of alkyl halides is 3. The molecule has 2 aromatic rings. The van der Waals surface area contributed by atoms with Gasteiger partial charge in [0.15, 0.2) is 5.69 Å². The lowest BCUT2D eigenvalue weighted by Crippen LogP contribution is -2.33. The van der Waals surface area contributed by atoms with Crippen LogP contribution in [0, 0.1) is 5.92 Å². The van der Waals surface area contributed by atoms with Gasteiger partial charge in [0, 0.05) is 6.54 Å². The minimum absolute atomic E-state index is 0.103. The predicted octanol–water partition coefficient (Wildman–Crippen LogP) is 2.52. The molecule has 0 fully saturated rings. The largest absolute Gasteiger partial charge is 0.481 e. The van der Waals surface area contributed by atoms with Crippen LogP contribution in [0.15, 0.2) is 30.5 Å². The Hall–Kier alpha value is -2.91. The molecule has 0 aliphatic carbocycles. The molecular formula is C16H17F3N4O3. The molecule has 10 heteroatoms. The van der Waals surface area contributed by atoms with Crippen LogP contribution < -0.4 is 5.32 Å². The van der Waals surface area contributed by atoms with Crippen molar-refractivity contribution in [2.45, 2.75) is 25.9 Å². The van der Waals surface area contributed by atoms with Crippen molar-refractivity contribution >= 4 is 11.9 Å². The van der Waals surface area contributed by atoms with Gasteiger partial charge in [0.05, 0.1) is 23.4 Å². The normalized spacial score (nSPS) is 12.6. The van der Waals surface area contributed by atoms with Gasteiger partial charge in [-0.05, 0) is 18.6 Å². The van der Waals surface area contributed by atoms with E-state index in [0.717, 1.165) is 16.9 Å². The molecule has 2 rings (SSSR count). The molecule has 1 heterocycles. The number of aromatic nitrogens is 3. The van der Waals surface area contributed by atoms with E-state index in [4.69, 9.17) is 5.11 Å². The number of nitrogens with zero attached hydrogens (tertiary/aromatic N) is 3. The molecule has 2 N–H and O–H groups in total. The summed E-state index contributed by atoms with van der Waals surface area (Å²) in [5.41, 5.74) is -1.38. The molecule has 0 aliphatic rings. The summed E-state index contributed by atoms with van der Waals surface area (Å²) in [6.45, 7) is 1.72. The van der Waals surface area contributed by atoms with Crippen molar-refractivity contribution in [1.82, 2.24) is 20.3 Å². The highest BCUT2D eigenvalue weighted by Gasteiger charge is 2.34. The van der Waals surface area contributed by atoms with Gasteiger partial charge in [0.1, 0.15) is 0 Å². The van der Waals surface area contributed by atoms with Crippen molar-refractivity contribution in [2.75, 3.05) is 6.54 Å². The minimum Gasteiger partial charge on any atom is -0.481 e. The molecule has 0 saturated heterocycles. The van der Waals surface area contributed by atoms with Crippen LogP contribution >= 0.6 is 0 Å². The van der Waals surface area contributed by atoms with Crippen molar-refractivity contribution in [3.05, 3.63) is 41.7 Å². The summed E-state index contributed by atoms with van der Waals surface area (Å²) in [5.74, 6) is -2.48. The molecule has 1 aromatic heterocycles. The zero-order chi connectivity index (χ0) is 19.3. The first kappa shape index (κ1) is 19.4. The first-order valence-corrected chi connectivity index (χ1v) is 7.84. The number of carboxylic acid groups (broad SMARTS) is 1. The maximum Gasteiger partial charge on any atom is 0.418 e. The number of hydrogen-bond donors (Lipinski definition) is 2. The second kappa shape index (κ2) is 7.98. The van der Waals surface area contributed by atoms with E-state index in [0.29, 0.717) is 12.8 Å². The summed E-state index contributed by atoms with van der Waals surface area (Å²) in [6.07, 6.45) is -2.49. The number of carbonyl (C=O) groups excluding carboxylic acids is 1. The van der Waals surface area contributed by atoms with Gasteiger partial charge in [-0.2, -0.15) is 13.2 Å². The standard InChI is InChI=1S/C16H17F3N4O3/c1-2-5-10(15(25)26)8-20-14(24)12-9-23(22-21-12)13-7-4-3-6-11(13)16(17,18)19/h3-4,6-7,9-10H,2,5,8H2,1H3,(H,20,24)(H,25,26). The summed E-state index contributed by atoms with van der Waals surface area (Å²) in [7, 11) is 0. The first-order chi connectivity index (χ1) is 12.2. The maximum absolute atomic E-state index is 13.1. The van der Waals surface area contributed by atoms with E-state index in [1.807, 2.05) is 6.92 Å². The Morgan fingerprint density at radius 2 is 2.00 bits per heavy atom. The van der Waals surface area contributed by atoms with E-state index in [2.05, 4.69) is 15.6 Å². The molecule has 26 heavy (non-hydrogen) atoms. The maximum atomic E-state index is 13.1. The van der Waals surface area contributed by atoms with Crippen LogP contribution in [0.1, 0.15) is 35.8 Å². The van der Waals surface area contributed by atoms with Crippen LogP contribution in [0.2, 0.25) is 0 Å². The molecule has 7 nitrogen and oxygen atoms in total. The molecule has 1 unspecified atom stereocenters. The Kier molecular flexibility index (Phi) is 5.96. The lowest BCUT2D eigenvalue weighted by Gasteiger charge is -2.12. The molecule has 0 bridgehead atoms. The van der Waals surface area contributed by atoms with Gasteiger partial charge in [-0.1, -0.05) is 30.7 Å². The summed E-state index contributed by atoms with van der Waals surface area (Å²) in [6, 6.07) is 4.77. The van der Waals surface area contributed by atoms with Crippen molar-refractivity contribution in [3.8, 4) is 5.69 Å². The smallest absolute Gasteiger partial charge is 0.418 e. The summed E-state index contributed by atoms with van der Waals surface area (Å²) >= 11 is 0. The monoisotopic (exact) mass is 370 g/mol. The van der Waals surface area contributed by atoms with E-state index in [-0.39, 0.29) is 17.9 Å². The van der Waals surface area contributed by atoms with E-state index < -0.39 is 29.5 Å². The third-order valence-corrected chi connectivity index (χ3v) is 3.68. The van der Waals surface area contributed by atoms with E-state index in [1.165, 1.54) is 18.2 Å². The molecule has 0 spiro atoms. The number of benzene rings is 1. The average molecular weight is 370 g/mol. The highest BCUT2D eigenvalue weighted by molar-refractivity contribution is 5.92. The fourth-order valence-electron chi connectivity index (χ4n) is 2.37. The SMILES string of the molecule is CCCC(CNC(=O)c1cn(-c2ccccc2C(F)(F)F)nn1)C(=O)O. The second-order valence-electron chi connectivity index (χ2n) is 5.60. The first-order valence-electron chi connectivity index (χ1n) is 7.84. The second-order valence-corrected chi connectivity index (χ2v) is 5.60. The third-order valence-electron chi connectivity index (χ3n) is 3.68. The Bertz CT molecular complexity index is 789. The number of halogens is 3. The number of rotatable bonds is 7. The Morgan fingerprint density at radius 3 is 2.62 bits per heavy atom. The fourth-order valence-corrected chi connectivity index (χ4v) is 2.37. The number of amides is 1. The van der Waals surface area contributed by atoms with Crippen LogP contribution in [-0.2, 0) is 11.0 Å². The van der Waals surface area contributed by atoms with Crippen molar-refractivity contribution in [3.63, 3.8) is 0 Å². The molecular weight excluding hydrogens is 353 g/mol. The quantitative estimate of drug-likeness (QED) is 0.781. The van der Waals surface area contributed by atoms with Gasteiger partial charge in [0.2, 0.25) is 0 Å². The highest BCUT2D eigenvalue weighted by atomic mass is 19.4. The molecule has 0 radical (unpaired) electrons. The predicted molar refractivity (Wildman–Crippen MR) is 84.7 cm³/mol. The van der Waals surface area contributed by atoms with Crippen LogP contribution in [0.4, 0.5) is 13.2 Å². The summed E-state index contributed by atoms with van der Waals surface area (Å²) < 4.78 is 40.0. The number of hydrogen-bond acceptors (Lipinski definition) is 4. The zero-order valence-corrected chi connectivity index (χ0v) is 13.8. The van der Waals surface area contributed by atoms with E-state index in [9.17, 15) is 22.8 Å². The van der Waals surface area contributed by atoms with Crippen LogP contribution in [0.3, 0.4) is 0 Å². The van der Waals surface area contributed by atoms with Crippen molar-refractivity contribution in [1.29, 1.82) is 0 Å². The number of carbonyl (C=O) groups is 2. The highest BCUT2D eigenvalue weighted by Crippen LogP contribution is 2.33. The molecule has 1 atom stereocenters. The Balaban J connectivity index is 2.15. The Labute approximate surface area is 146 Å². The topological polar surface area (TPSA) is 97.1 Å². The summed E-state index contributed by atoms with van der Waals surface area (Å²) in [4.78, 5) is 23.1. The van der Waals surface area contributed by atoms with Crippen LogP contribution in [-0.4, -0.2) is 38.5 Å². The zero-order valence-electron chi connectivity index (χ0n) is 13.8. The Morgan fingerprint density at radius 1 is 1.31 bits per heavy atom. The molecule has 140 valence electrons. The number of nitrogens with one attached hydrogen (secondary N) is 1. The average Bonchev–Trinajstić information content (AvgIpc) is 3.07. The molecule has 1 amide bonds. The van der Waals surface area contributed by atoms with Crippen LogP contribution in [0.5, 0.6) is 0 Å². The number of carboxylic acids is 1. The molecule has 0 aliphatic heterocycles. The van der Waals surface area contributed by atoms with Crippen molar-refractivity contribution < 1.29 is 27.9 Å². The van der Waals surface area contributed by atoms with Crippen LogP contribution in [0.25, 0.3) is 5.69 Å². The van der Waals surface area contributed by atoms with Gasteiger partial charge in [-0.25, -0.2) is 4.68 Å². The minimum atomic E-state index is -4.58. The lowest BCUT2D eigenvalue weighted by molar-refractivity contribution is -0.141. The van der Waals surface area contributed by atoms with Gasteiger partial charge in [0.25, 0.3) is 5.91 Å². The molecule has 0 saturated carbocycles.